The lowest BCUT2D eigenvalue weighted by molar-refractivity contribution is 0.120. The number of anilines is 1. The van der Waals surface area contributed by atoms with Crippen molar-refractivity contribution in [3.8, 4) is 11.5 Å². The molecule has 6 heteroatoms. The molecule has 0 aromatic carbocycles. The van der Waals surface area contributed by atoms with E-state index >= 15 is 0 Å². The van der Waals surface area contributed by atoms with Crippen molar-refractivity contribution in [3.63, 3.8) is 0 Å². The average Bonchev–Trinajstić information content (AvgIpc) is 2.99. The lowest BCUT2D eigenvalue weighted by atomic mass is 10.2. The first kappa shape index (κ1) is 13.3. The Balaban J connectivity index is 1.76. The van der Waals surface area contributed by atoms with Crippen molar-refractivity contribution in [1.29, 1.82) is 0 Å². The van der Waals surface area contributed by atoms with Crippen LogP contribution in [0.3, 0.4) is 0 Å². The van der Waals surface area contributed by atoms with Gasteiger partial charge in [0.05, 0.1) is 6.10 Å². The van der Waals surface area contributed by atoms with E-state index in [4.69, 9.17) is 16.3 Å². The normalized spacial score (nSPS) is 18.1. The third-order valence-corrected chi connectivity index (χ3v) is 3.32. The van der Waals surface area contributed by atoms with E-state index in [0.717, 1.165) is 26.0 Å². The van der Waals surface area contributed by atoms with Gasteiger partial charge in [-0.1, -0.05) is 17.7 Å². The van der Waals surface area contributed by atoms with Crippen LogP contribution in [0.25, 0.3) is 11.5 Å². The predicted octanol–water partition coefficient (Wildman–Crippen LogP) is 2.78. The SMILES string of the molecule is Clc1cc(NC[C@H]2CCCO2)nc(-c2ccccn2)n1. The molecular formula is C14H15ClN4O. The lowest BCUT2D eigenvalue weighted by Crippen LogP contribution is -2.19. The van der Waals surface area contributed by atoms with Crippen LogP contribution in [0, 0.1) is 0 Å². The van der Waals surface area contributed by atoms with E-state index < -0.39 is 0 Å². The summed E-state index contributed by atoms with van der Waals surface area (Å²) in [7, 11) is 0. The fraction of sp³-hybridized carbons (Fsp3) is 0.357. The Morgan fingerprint density at radius 3 is 3.05 bits per heavy atom. The number of pyridine rings is 1. The monoisotopic (exact) mass is 290 g/mol. The second-order valence-corrected chi connectivity index (χ2v) is 5.02. The van der Waals surface area contributed by atoms with E-state index in [-0.39, 0.29) is 6.10 Å². The Morgan fingerprint density at radius 2 is 2.30 bits per heavy atom. The van der Waals surface area contributed by atoms with E-state index in [9.17, 15) is 0 Å². The minimum absolute atomic E-state index is 0.252. The van der Waals surface area contributed by atoms with Crippen LogP contribution in [-0.4, -0.2) is 34.2 Å². The van der Waals surface area contributed by atoms with Crippen molar-refractivity contribution in [2.24, 2.45) is 0 Å². The summed E-state index contributed by atoms with van der Waals surface area (Å²) in [6.45, 7) is 1.57. The van der Waals surface area contributed by atoms with Gasteiger partial charge < -0.3 is 10.1 Å². The summed E-state index contributed by atoms with van der Waals surface area (Å²) in [4.78, 5) is 12.9. The van der Waals surface area contributed by atoms with Crippen LogP contribution in [-0.2, 0) is 4.74 Å². The van der Waals surface area contributed by atoms with Crippen LogP contribution in [0.15, 0.2) is 30.5 Å². The summed E-state index contributed by atoms with van der Waals surface area (Å²) in [5.74, 6) is 1.22. The first-order valence-electron chi connectivity index (χ1n) is 6.63. The minimum atomic E-state index is 0.252. The van der Waals surface area contributed by atoms with Gasteiger partial charge in [0.1, 0.15) is 16.7 Å². The third kappa shape index (κ3) is 3.23. The summed E-state index contributed by atoms with van der Waals surface area (Å²) in [6, 6.07) is 7.31. The molecule has 0 saturated carbocycles. The number of hydrogen-bond donors (Lipinski definition) is 1. The molecule has 0 radical (unpaired) electrons. The van der Waals surface area contributed by atoms with E-state index in [1.54, 1.807) is 12.3 Å². The quantitative estimate of drug-likeness (QED) is 0.878. The Bertz CT molecular complexity index is 573. The molecule has 2 aromatic heterocycles. The Hall–Kier alpha value is -1.72. The van der Waals surface area contributed by atoms with Crippen LogP contribution < -0.4 is 5.32 Å². The molecule has 20 heavy (non-hydrogen) atoms. The summed E-state index contributed by atoms with van der Waals surface area (Å²) in [5.41, 5.74) is 0.704. The first-order valence-corrected chi connectivity index (χ1v) is 7.00. The number of rotatable bonds is 4. The maximum atomic E-state index is 6.05. The van der Waals surface area contributed by atoms with Gasteiger partial charge in [0.25, 0.3) is 0 Å². The number of aromatic nitrogens is 3. The van der Waals surface area contributed by atoms with Crippen LogP contribution >= 0.6 is 11.6 Å². The highest BCUT2D eigenvalue weighted by Gasteiger charge is 2.15. The summed E-state index contributed by atoms with van der Waals surface area (Å²) >= 11 is 6.05. The van der Waals surface area contributed by atoms with Gasteiger partial charge >= 0.3 is 0 Å². The van der Waals surface area contributed by atoms with Gasteiger partial charge in [-0.15, -0.1) is 0 Å². The van der Waals surface area contributed by atoms with Crippen molar-refractivity contribution in [2.45, 2.75) is 18.9 Å². The molecule has 0 spiro atoms. The summed E-state index contributed by atoms with van der Waals surface area (Å²) in [6.07, 6.45) is 4.16. The van der Waals surface area contributed by atoms with Crippen molar-refractivity contribution in [1.82, 2.24) is 15.0 Å². The van der Waals surface area contributed by atoms with Crippen molar-refractivity contribution >= 4 is 17.4 Å². The predicted molar refractivity (Wildman–Crippen MR) is 77.7 cm³/mol. The summed E-state index contributed by atoms with van der Waals surface area (Å²) in [5, 5.41) is 3.65. The molecular weight excluding hydrogens is 276 g/mol. The third-order valence-electron chi connectivity index (χ3n) is 3.12. The van der Waals surface area contributed by atoms with Crippen molar-refractivity contribution in [2.75, 3.05) is 18.5 Å². The van der Waals surface area contributed by atoms with E-state index in [2.05, 4.69) is 20.3 Å². The highest BCUT2D eigenvalue weighted by atomic mass is 35.5. The molecule has 0 aliphatic carbocycles. The second kappa shape index (κ2) is 6.15. The molecule has 0 unspecified atom stereocenters. The van der Waals surface area contributed by atoms with Gasteiger partial charge in [-0.05, 0) is 25.0 Å². The highest BCUT2D eigenvalue weighted by molar-refractivity contribution is 6.29. The molecule has 0 bridgehead atoms. The van der Waals surface area contributed by atoms with Crippen LogP contribution in [0.5, 0.6) is 0 Å². The Kier molecular flexibility index (Phi) is 4.08. The van der Waals surface area contributed by atoms with Crippen LogP contribution in [0.2, 0.25) is 5.15 Å². The van der Waals surface area contributed by atoms with Crippen LogP contribution in [0.4, 0.5) is 5.82 Å². The largest absolute Gasteiger partial charge is 0.376 e. The van der Waals surface area contributed by atoms with Gasteiger partial charge in [-0.25, -0.2) is 9.97 Å². The van der Waals surface area contributed by atoms with Gasteiger partial charge in [0.2, 0.25) is 0 Å². The number of hydrogen-bond acceptors (Lipinski definition) is 5. The number of nitrogens with one attached hydrogen (secondary N) is 1. The zero-order valence-corrected chi connectivity index (χ0v) is 11.7. The van der Waals surface area contributed by atoms with E-state index in [0.29, 0.717) is 22.5 Å². The molecule has 1 atom stereocenters. The average molecular weight is 291 g/mol. The van der Waals surface area contributed by atoms with Gasteiger partial charge in [-0.3, -0.25) is 4.98 Å². The van der Waals surface area contributed by atoms with E-state index in [1.165, 1.54) is 0 Å². The fourth-order valence-electron chi connectivity index (χ4n) is 2.14. The molecule has 0 amide bonds. The molecule has 1 fully saturated rings. The smallest absolute Gasteiger partial charge is 0.181 e. The first-order chi connectivity index (χ1) is 9.81. The molecule has 2 aromatic rings. The maximum absolute atomic E-state index is 6.05. The number of halogens is 1. The van der Waals surface area contributed by atoms with Crippen molar-refractivity contribution < 1.29 is 4.74 Å². The van der Waals surface area contributed by atoms with Gasteiger partial charge in [-0.2, -0.15) is 0 Å². The Morgan fingerprint density at radius 1 is 1.35 bits per heavy atom. The number of nitrogens with zero attached hydrogens (tertiary/aromatic N) is 3. The van der Waals surface area contributed by atoms with Gasteiger partial charge in [0.15, 0.2) is 5.82 Å². The zero-order valence-electron chi connectivity index (χ0n) is 10.9. The molecule has 3 rings (SSSR count). The standard InChI is InChI=1S/C14H15ClN4O/c15-12-8-13(17-9-10-4-3-7-20-10)19-14(18-12)11-5-1-2-6-16-11/h1-2,5-6,8,10H,3-4,7,9H2,(H,17,18,19)/t10-/m1/s1. The van der Waals surface area contributed by atoms with Gasteiger partial charge in [0, 0.05) is 25.4 Å². The molecule has 1 aliphatic heterocycles. The topological polar surface area (TPSA) is 59.9 Å². The fourth-order valence-corrected chi connectivity index (χ4v) is 2.32. The lowest BCUT2D eigenvalue weighted by Gasteiger charge is -2.12. The van der Waals surface area contributed by atoms with Crippen LogP contribution in [0.1, 0.15) is 12.8 Å². The zero-order chi connectivity index (χ0) is 13.8. The molecule has 5 nitrogen and oxygen atoms in total. The Labute approximate surface area is 122 Å². The highest BCUT2D eigenvalue weighted by Crippen LogP contribution is 2.19. The summed E-state index contributed by atoms with van der Waals surface area (Å²) < 4.78 is 5.57. The number of ether oxygens (including phenoxy) is 1. The maximum Gasteiger partial charge on any atom is 0.181 e. The second-order valence-electron chi connectivity index (χ2n) is 4.63. The molecule has 104 valence electrons. The molecule has 1 saturated heterocycles. The molecule has 3 heterocycles. The van der Waals surface area contributed by atoms with E-state index in [1.807, 2.05) is 18.2 Å². The molecule has 1 aliphatic rings. The van der Waals surface area contributed by atoms with Crippen molar-refractivity contribution in [3.05, 3.63) is 35.6 Å². The minimum Gasteiger partial charge on any atom is -0.376 e. The molecule has 1 N–H and O–H groups in total.